The lowest BCUT2D eigenvalue weighted by Crippen LogP contribution is -2.14. The molecule has 0 fully saturated rings. The predicted octanol–water partition coefficient (Wildman–Crippen LogP) is 0.975. The maximum atomic E-state index is 11.2. The van der Waals surface area contributed by atoms with Crippen LogP contribution in [-0.2, 0) is 11.4 Å². The monoisotopic (exact) mass is 223 g/mol. The second-order valence-corrected chi connectivity index (χ2v) is 3.50. The minimum absolute atomic E-state index is 0.134. The molecule has 1 amide bonds. The van der Waals surface area contributed by atoms with Crippen LogP contribution in [0.5, 0.6) is 0 Å². The Labute approximate surface area is 94.9 Å². The van der Waals surface area contributed by atoms with Crippen LogP contribution in [0, 0.1) is 0 Å². The highest BCUT2D eigenvalue weighted by Gasteiger charge is 2.07. The number of anilines is 1. The summed E-state index contributed by atoms with van der Waals surface area (Å²) in [6.45, 7) is 1.55. The molecule has 0 aliphatic heterocycles. The highest BCUT2D eigenvalue weighted by Crippen LogP contribution is 2.19. The molecule has 1 rings (SSSR count). The lowest BCUT2D eigenvalue weighted by Gasteiger charge is -2.11. The fourth-order valence-electron chi connectivity index (χ4n) is 1.12. The Morgan fingerprint density at radius 1 is 1.60 bits per heavy atom. The van der Waals surface area contributed by atoms with Gasteiger partial charge in [-0.2, -0.15) is 0 Å². The molecule has 0 atom stereocenters. The van der Waals surface area contributed by atoms with Crippen molar-refractivity contribution in [3.05, 3.63) is 22.7 Å². The van der Waals surface area contributed by atoms with Gasteiger partial charge in [-0.15, -0.1) is 0 Å². The van der Waals surface area contributed by atoms with E-state index in [0.29, 0.717) is 28.2 Å². The Kier molecular flexibility index (Phi) is 4.18. The third-order valence-electron chi connectivity index (χ3n) is 1.99. The first-order valence-corrected chi connectivity index (χ1v) is 4.94. The van der Waals surface area contributed by atoms with Crippen molar-refractivity contribution in [1.82, 2.24) is 0 Å². The fraction of sp³-hybridized carbons (Fsp3) is 0.300. The fourth-order valence-corrected chi connectivity index (χ4v) is 1.29. The van der Waals surface area contributed by atoms with Crippen LogP contribution in [0.1, 0.15) is 18.9 Å². The molecule has 0 saturated heterocycles. The molecule has 0 bridgehead atoms. The van der Waals surface area contributed by atoms with Crippen LogP contribution in [0.25, 0.3) is 0 Å². The van der Waals surface area contributed by atoms with Gasteiger partial charge in [0.05, 0.1) is 6.61 Å². The molecule has 15 heavy (non-hydrogen) atoms. The molecule has 2 N–H and O–H groups in total. The number of hydrogen-bond donors (Lipinski definition) is 2. The Morgan fingerprint density at radius 2 is 2.27 bits per heavy atom. The van der Waals surface area contributed by atoms with E-state index in [2.05, 4.69) is 5.32 Å². The van der Waals surface area contributed by atoms with Crippen molar-refractivity contribution in [3.63, 3.8) is 0 Å². The highest BCUT2D eigenvalue weighted by molar-refractivity contribution is 6.45. The molecule has 0 saturated carbocycles. The molecule has 78 valence electrons. The second-order valence-electron chi connectivity index (χ2n) is 3.09. The number of benzene rings is 1. The summed E-state index contributed by atoms with van der Waals surface area (Å²) < 4.78 is 0. The van der Waals surface area contributed by atoms with Gasteiger partial charge in [-0.25, -0.2) is 0 Å². The molecular weight excluding hydrogens is 212 g/mol. The van der Waals surface area contributed by atoms with E-state index in [-0.39, 0.29) is 12.5 Å². The normalized spacial score (nSPS) is 10.1. The number of aliphatic hydroxyl groups excluding tert-OH is 1. The number of rotatable bonds is 3. The zero-order valence-electron chi connectivity index (χ0n) is 8.38. The summed E-state index contributed by atoms with van der Waals surface area (Å²) in [4.78, 5) is 11.2. The highest BCUT2D eigenvalue weighted by atomic mass is 35.5. The Bertz CT molecular complexity index is 382. The minimum Gasteiger partial charge on any atom is -0.392 e. The van der Waals surface area contributed by atoms with E-state index in [1.165, 1.54) is 6.07 Å². The summed E-state index contributed by atoms with van der Waals surface area (Å²) in [7, 11) is 5.57. The van der Waals surface area contributed by atoms with E-state index in [4.69, 9.17) is 24.6 Å². The third-order valence-corrected chi connectivity index (χ3v) is 2.32. The first kappa shape index (κ1) is 12.1. The van der Waals surface area contributed by atoms with E-state index < -0.39 is 0 Å². The molecule has 2 radical (unpaired) electrons. The van der Waals surface area contributed by atoms with Gasteiger partial charge in [-0.1, -0.05) is 30.1 Å². The van der Waals surface area contributed by atoms with Crippen molar-refractivity contribution < 1.29 is 9.90 Å². The van der Waals surface area contributed by atoms with E-state index in [0.717, 1.165) is 0 Å². The maximum Gasteiger partial charge on any atom is 0.224 e. The smallest absolute Gasteiger partial charge is 0.224 e. The Morgan fingerprint density at radius 3 is 2.80 bits per heavy atom. The Balaban J connectivity index is 3.05. The van der Waals surface area contributed by atoms with Crippen molar-refractivity contribution in [2.24, 2.45) is 0 Å². The lowest BCUT2D eigenvalue weighted by atomic mass is 9.93. The zero-order valence-corrected chi connectivity index (χ0v) is 9.14. The van der Waals surface area contributed by atoms with Gasteiger partial charge in [0.2, 0.25) is 5.91 Å². The van der Waals surface area contributed by atoms with Crippen molar-refractivity contribution in [3.8, 4) is 0 Å². The summed E-state index contributed by atoms with van der Waals surface area (Å²) >= 11 is 5.81. The number of carbonyl (C=O) groups is 1. The summed E-state index contributed by atoms with van der Waals surface area (Å²) in [5, 5.41) is 12.1. The number of halogens is 1. The lowest BCUT2D eigenvalue weighted by molar-refractivity contribution is -0.115. The van der Waals surface area contributed by atoms with Gasteiger partial charge >= 0.3 is 0 Å². The van der Waals surface area contributed by atoms with Crippen LogP contribution in [0.4, 0.5) is 5.69 Å². The first-order chi connectivity index (χ1) is 7.08. The molecule has 5 heteroatoms. The van der Waals surface area contributed by atoms with Crippen molar-refractivity contribution in [2.75, 3.05) is 5.32 Å². The van der Waals surface area contributed by atoms with Crippen LogP contribution < -0.4 is 10.8 Å². The predicted molar refractivity (Wildman–Crippen MR) is 61.7 cm³/mol. The van der Waals surface area contributed by atoms with Gasteiger partial charge in [0.25, 0.3) is 0 Å². The van der Waals surface area contributed by atoms with Crippen LogP contribution >= 0.6 is 11.6 Å². The van der Waals surface area contributed by atoms with E-state index >= 15 is 0 Å². The van der Waals surface area contributed by atoms with Gasteiger partial charge in [-0.3, -0.25) is 4.79 Å². The van der Waals surface area contributed by atoms with Crippen molar-refractivity contribution in [2.45, 2.75) is 20.0 Å². The SMILES string of the molecule is [B]c1cc(CO)c(NC(=O)CC)cc1Cl. The molecule has 0 aliphatic rings. The van der Waals surface area contributed by atoms with Gasteiger partial charge in [0, 0.05) is 22.7 Å². The molecule has 0 heterocycles. The van der Waals surface area contributed by atoms with Crippen LogP contribution in [-0.4, -0.2) is 18.9 Å². The molecule has 0 spiro atoms. The van der Waals surface area contributed by atoms with Crippen LogP contribution in [0.3, 0.4) is 0 Å². The van der Waals surface area contributed by atoms with Crippen molar-refractivity contribution >= 4 is 36.5 Å². The molecule has 1 aromatic rings. The molecular formula is C10H11BClNO2. The quantitative estimate of drug-likeness (QED) is 0.751. The minimum atomic E-state index is -0.194. The van der Waals surface area contributed by atoms with Crippen LogP contribution in [0.2, 0.25) is 5.02 Å². The summed E-state index contributed by atoms with van der Waals surface area (Å²) in [6, 6.07) is 3.09. The summed E-state index contributed by atoms with van der Waals surface area (Å²) in [5.74, 6) is -0.134. The topological polar surface area (TPSA) is 49.3 Å². The van der Waals surface area contributed by atoms with Gasteiger partial charge < -0.3 is 10.4 Å². The molecule has 0 aromatic heterocycles. The third kappa shape index (κ3) is 2.98. The standard InChI is InChI=1S/C10H11BClNO2/c1-2-10(15)13-9-4-8(12)7(11)3-6(9)5-14/h3-4,14H,2,5H2,1H3,(H,13,15). The first-order valence-electron chi connectivity index (χ1n) is 4.57. The van der Waals surface area contributed by atoms with E-state index in [1.54, 1.807) is 13.0 Å². The molecule has 3 nitrogen and oxygen atoms in total. The van der Waals surface area contributed by atoms with Gasteiger partial charge in [0.1, 0.15) is 7.85 Å². The average molecular weight is 223 g/mol. The van der Waals surface area contributed by atoms with Gasteiger partial charge in [-0.05, 0) is 6.07 Å². The number of nitrogens with one attached hydrogen (secondary N) is 1. The Hall–Kier alpha value is -0.995. The summed E-state index contributed by atoms with van der Waals surface area (Å²) in [6.07, 6.45) is 0.368. The second kappa shape index (κ2) is 5.19. The van der Waals surface area contributed by atoms with E-state index in [1.807, 2.05) is 0 Å². The molecule has 1 aromatic carbocycles. The number of carbonyl (C=O) groups excluding carboxylic acids is 1. The average Bonchev–Trinajstić information content (AvgIpc) is 2.22. The summed E-state index contributed by atoms with van der Waals surface area (Å²) in [5.41, 5.74) is 1.44. The molecule has 0 unspecified atom stereocenters. The number of aliphatic hydroxyl groups is 1. The zero-order chi connectivity index (χ0) is 11.4. The van der Waals surface area contributed by atoms with E-state index in [9.17, 15) is 4.79 Å². The van der Waals surface area contributed by atoms with Crippen LogP contribution in [0.15, 0.2) is 12.1 Å². The molecule has 0 aliphatic carbocycles. The number of hydrogen-bond acceptors (Lipinski definition) is 2. The van der Waals surface area contributed by atoms with Gasteiger partial charge in [0.15, 0.2) is 0 Å². The largest absolute Gasteiger partial charge is 0.392 e. The maximum absolute atomic E-state index is 11.2. The van der Waals surface area contributed by atoms with Crippen molar-refractivity contribution in [1.29, 1.82) is 0 Å². The number of amides is 1.